The first-order valence-corrected chi connectivity index (χ1v) is 23.2. The van der Waals surface area contributed by atoms with Crippen LogP contribution in [0.2, 0.25) is 0 Å². The van der Waals surface area contributed by atoms with Crippen LogP contribution in [0, 0.1) is 19.9 Å². The van der Waals surface area contributed by atoms with Crippen molar-refractivity contribution in [1.82, 2.24) is 24.5 Å². The third-order valence-electron chi connectivity index (χ3n) is 13.5. The van der Waals surface area contributed by atoms with Gasteiger partial charge >= 0.3 is 0 Å². The van der Waals surface area contributed by atoms with Gasteiger partial charge in [-0.3, -0.25) is 0 Å². The van der Waals surface area contributed by atoms with Gasteiger partial charge in [-0.15, -0.1) is 23.8 Å². The maximum atomic E-state index is 5.05. The van der Waals surface area contributed by atoms with E-state index in [0.29, 0.717) is 5.82 Å². The summed E-state index contributed by atoms with van der Waals surface area (Å²) in [6.45, 7) is 17.5. The number of hydrogen-bond acceptors (Lipinski definition) is 4. The van der Waals surface area contributed by atoms with E-state index in [1.165, 1.54) is 66.3 Å². The Labute approximate surface area is 407 Å². The smallest absolute Gasteiger partial charge is 0.164 e. The fourth-order valence-electron chi connectivity index (χ4n) is 10.2. The van der Waals surface area contributed by atoms with E-state index in [4.69, 9.17) is 19.9 Å². The zero-order chi connectivity index (χ0) is 45.4. The topological polar surface area (TPSA) is 56.5 Å². The molecule has 3 heterocycles. The first-order chi connectivity index (χ1) is 31.9. The fourth-order valence-corrected chi connectivity index (χ4v) is 10.2. The molecule has 0 saturated heterocycles. The molecule has 10 aromatic rings. The van der Waals surface area contributed by atoms with Crippen molar-refractivity contribution < 1.29 is 20.1 Å². The number of nitrogens with zero attached hydrogens (tertiary/aromatic N) is 5. The van der Waals surface area contributed by atoms with Crippen molar-refractivity contribution in [3.63, 3.8) is 0 Å². The number of pyridine rings is 1. The second-order valence-electron chi connectivity index (χ2n) is 19.2. The minimum atomic E-state index is -0.121. The van der Waals surface area contributed by atoms with Crippen molar-refractivity contribution in [2.24, 2.45) is 0 Å². The van der Waals surface area contributed by atoms with Crippen LogP contribution in [-0.2, 0) is 25.5 Å². The van der Waals surface area contributed by atoms with E-state index >= 15 is 0 Å². The summed E-state index contributed by atoms with van der Waals surface area (Å²) in [5, 5.41) is 2.44. The summed E-state index contributed by atoms with van der Waals surface area (Å²) in [6.07, 6.45) is 1.89. The van der Waals surface area contributed by atoms with E-state index in [2.05, 4.69) is 218 Å². The molecule has 5 nitrogen and oxygen atoms in total. The fraction of sp³-hybridized carbons (Fsp3) is 0.180. The SMILES string of the molecule is Cc1cc(C)cc(-c2ccccc2-c2c[c-]c(-c3ccc(-c4nc(C(C)C)nc(C(C)C)n4)cn3)cc2-c2ccc3c(c2)c2cc4c(cc2n3-c2ccccc2)C(C)(C)c2ccccc2-4)c1.[Ir]. The molecule has 67 heavy (non-hydrogen) atoms. The second-order valence-corrected chi connectivity index (χ2v) is 19.2. The molecule has 0 amide bonds. The molecule has 11 rings (SSSR count). The van der Waals surface area contributed by atoms with Gasteiger partial charge in [-0.1, -0.05) is 172 Å². The Morgan fingerprint density at radius 1 is 0.507 bits per heavy atom. The normalized spacial score (nSPS) is 12.7. The third kappa shape index (κ3) is 7.63. The van der Waals surface area contributed by atoms with E-state index < -0.39 is 0 Å². The molecule has 7 aromatic carbocycles. The van der Waals surface area contributed by atoms with Gasteiger partial charge < -0.3 is 9.55 Å². The van der Waals surface area contributed by atoms with Gasteiger partial charge in [0, 0.05) is 65.6 Å². The Morgan fingerprint density at radius 2 is 1.15 bits per heavy atom. The Kier molecular flexibility index (Phi) is 11.2. The zero-order valence-electron chi connectivity index (χ0n) is 39.2. The number of aryl methyl sites for hydroxylation is 2. The first-order valence-electron chi connectivity index (χ1n) is 23.2. The summed E-state index contributed by atoms with van der Waals surface area (Å²) in [5.41, 5.74) is 20.8. The van der Waals surface area contributed by atoms with Gasteiger partial charge in [-0.25, -0.2) is 15.0 Å². The third-order valence-corrected chi connectivity index (χ3v) is 13.5. The number of hydrogen-bond donors (Lipinski definition) is 0. The molecule has 0 aliphatic heterocycles. The van der Waals surface area contributed by atoms with Gasteiger partial charge in [0.25, 0.3) is 0 Å². The van der Waals surface area contributed by atoms with Crippen LogP contribution in [0.4, 0.5) is 0 Å². The molecule has 0 fully saturated rings. The average molecular weight is 1050 g/mol. The van der Waals surface area contributed by atoms with Crippen molar-refractivity contribution in [1.29, 1.82) is 0 Å². The summed E-state index contributed by atoms with van der Waals surface area (Å²) < 4.78 is 2.44. The minimum Gasteiger partial charge on any atom is -0.309 e. The number of fused-ring (bicyclic) bond motifs is 6. The Morgan fingerprint density at radius 3 is 1.84 bits per heavy atom. The zero-order valence-corrected chi connectivity index (χ0v) is 41.6. The summed E-state index contributed by atoms with van der Waals surface area (Å²) >= 11 is 0. The van der Waals surface area contributed by atoms with E-state index in [9.17, 15) is 0 Å². The molecule has 0 saturated carbocycles. The van der Waals surface area contributed by atoms with Gasteiger partial charge in [-0.2, -0.15) is 0 Å². The second kappa shape index (κ2) is 17.1. The molecule has 1 aliphatic rings. The van der Waals surface area contributed by atoms with Crippen molar-refractivity contribution in [3.8, 4) is 72.8 Å². The van der Waals surface area contributed by atoms with E-state index in [1.54, 1.807) is 0 Å². The maximum Gasteiger partial charge on any atom is 0.164 e. The molecule has 0 unspecified atom stereocenters. The summed E-state index contributed by atoms with van der Waals surface area (Å²) in [5.74, 6) is 2.61. The Hall–Kier alpha value is -6.85. The standard InChI is InChI=1S/C61H52N5.Ir/c1-36(2)58-63-59(37(3)4)65-60(64-58)42-23-26-55(62-35-42)41-22-25-47(46-19-13-12-18-45(46)43-29-38(5)28-39(6)30-43)49(32-41)40-24-27-56-51(31-40)52-33-50-48-20-14-15-21-53(48)61(7,8)54(50)34-57(52)66(56)44-16-10-9-11-17-44;/h9-21,23-37H,1-8H3;/q-1;. The Bertz CT molecular complexity index is 3480. The molecule has 0 bridgehead atoms. The minimum absolute atomic E-state index is 0. The van der Waals surface area contributed by atoms with Gasteiger partial charge in [0.05, 0.1) is 11.0 Å². The van der Waals surface area contributed by atoms with Crippen molar-refractivity contribution in [2.75, 3.05) is 0 Å². The van der Waals surface area contributed by atoms with Crippen LogP contribution < -0.4 is 0 Å². The quantitative estimate of drug-likeness (QED) is 0.142. The van der Waals surface area contributed by atoms with Crippen molar-refractivity contribution >= 4 is 21.8 Å². The maximum absolute atomic E-state index is 5.05. The average Bonchev–Trinajstić information content (AvgIpc) is 3.77. The Balaban J connectivity index is 0.00000525. The molecule has 3 aromatic heterocycles. The molecule has 1 radical (unpaired) electrons. The largest absolute Gasteiger partial charge is 0.309 e. The molecule has 331 valence electrons. The molecule has 0 atom stereocenters. The monoisotopic (exact) mass is 1050 g/mol. The van der Waals surface area contributed by atoms with E-state index in [-0.39, 0.29) is 37.4 Å². The summed E-state index contributed by atoms with van der Waals surface area (Å²) in [7, 11) is 0. The van der Waals surface area contributed by atoms with Crippen molar-refractivity contribution in [3.05, 3.63) is 198 Å². The van der Waals surface area contributed by atoms with Crippen LogP contribution in [0.25, 0.3) is 94.6 Å². The predicted octanol–water partition coefficient (Wildman–Crippen LogP) is 15.7. The van der Waals surface area contributed by atoms with Gasteiger partial charge in [-0.05, 0) is 94.9 Å². The number of rotatable bonds is 8. The first kappa shape index (κ1) is 44.0. The summed E-state index contributed by atoms with van der Waals surface area (Å²) in [4.78, 5) is 19.5. The van der Waals surface area contributed by atoms with Crippen LogP contribution in [0.1, 0.15) is 87.3 Å². The molecule has 0 N–H and O–H groups in total. The molecule has 1 aliphatic carbocycles. The van der Waals surface area contributed by atoms with Crippen LogP contribution in [0.15, 0.2) is 158 Å². The van der Waals surface area contributed by atoms with Crippen molar-refractivity contribution in [2.45, 2.75) is 72.6 Å². The predicted molar refractivity (Wildman–Crippen MR) is 273 cm³/mol. The molecule has 0 spiro atoms. The van der Waals surface area contributed by atoms with E-state index in [0.717, 1.165) is 56.4 Å². The number of para-hydroxylation sites is 1. The van der Waals surface area contributed by atoms with Crippen LogP contribution in [-0.4, -0.2) is 24.5 Å². The molecular weight excluding hydrogens is 995 g/mol. The number of aromatic nitrogens is 5. The van der Waals surface area contributed by atoms with Gasteiger partial charge in [0.1, 0.15) is 11.6 Å². The summed E-state index contributed by atoms with van der Waals surface area (Å²) in [6, 6.07) is 59.5. The van der Waals surface area contributed by atoms with Gasteiger partial charge in [0.15, 0.2) is 5.82 Å². The van der Waals surface area contributed by atoms with E-state index in [1.807, 2.05) is 6.20 Å². The molecular formula is C61H52IrN5-. The van der Waals surface area contributed by atoms with Crippen LogP contribution in [0.5, 0.6) is 0 Å². The van der Waals surface area contributed by atoms with Crippen LogP contribution >= 0.6 is 0 Å². The molecule has 6 heteroatoms. The number of benzene rings is 7. The van der Waals surface area contributed by atoms with Crippen LogP contribution in [0.3, 0.4) is 0 Å². The van der Waals surface area contributed by atoms with Gasteiger partial charge in [0.2, 0.25) is 0 Å².